The van der Waals surface area contributed by atoms with Crippen LogP contribution in [0, 0.1) is 0 Å². The number of benzene rings is 1. The van der Waals surface area contributed by atoms with E-state index in [2.05, 4.69) is 9.72 Å². The van der Waals surface area contributed by atoms with Crippen molar-refractivity contribution in [2.75, 3.05) is 7.11 Å². The van der Waals surface area contributed by atoms with Crippen LogP contribution >= 0.6 is 34.7 Å². The number of carbonyl (C=O) groups is 1. The molecular weight excluding hydrogens is 290 g/mol. The zero-order valence-corrected chi connectivity index (χ0v) is 11.9. The average Bonchev–Trinajstić information content (AvgIpc) is 2.84. The minimum absolute atomic E-state index is 0.365. The first-order valence-electron chi connectivity index (χ1n) is 5.10. The predicted molar refractivity (Wildman–Crippen MR) is 74.5 cm³/mol. The number of hydrogen-bond donors (Lipinski definition) is 0. The SMILES string of the molecule is COC(=O)c1csc(CSc2cccc(Cl)c2)n1. The Kier molecular flexibility index (Phi) is 4.63. The molecule has 94 valence electrons. The van der Waals surface area contributed by atoms with E-state index in [1.165, 1.54) is 18.4 Å². The second-order valence-electron chi connectivity index (χ2n) is 3.36. The van der Waals surface area contributed by atoms with Crippen LogP contribution in [-0.4, -0.2) is 18.1 Å². The third-order valence-electron chi connectivity index (χ3n) is 2.10. The molecule has 0 aliphatic rings. The van der Waals surface area contributed by atoms with Crippen LogP contribution in [0.4, 0.5) is 0 Å². The quantitative estimate of drug-likeness (QED) is 0.634. The zero-order valence-electron chi connectivity index (χ0n) is 9.55. The molecule has 0 spiro atoms. The number of nitrogens with zero attached hydrogens (tertiary/aromatic N) is 1. The fraction of sp³-hybridized carbons (Fsp3) is 0.167. The van der Waals surface area contributed by atoms with Gasteiger partial charge in [-0.1, -0.05) is 17.7 Å². The van der Waals surface area contributed by atoms with Crippen LogP contribution in [0.25, 0.3) is 0 Å². The van der Waals surface area contributed by atoms with Crippen LogP contribution < -0.4 is 0 Å². The number of methoxy groups -OCH3 is 1. The summed E-state index contributed by atoms with van der Waals surface area (Å²) in [6.45, 7) is 0. The normalized spacial score (nSPS) is 10.3. The van der Waals surface area contributed by atoms with E-state index in [4.69, 9.17) is 11.6 Å². The lowest BCUT2D eigenvalue weighted by Gasteiger charge is -1.99. The van der Waals surface area contributed by atoms with E-state index in [9.17, 15) is 4.79 Å². The fourth-order valence-electron chi connectivity index (χ4n) is 1.28. The molecule has 3 nitrogen and oxygen atoms in total. The number of thiazole rings is 1. The first kappa shape index (κ1) is 13.4. The van der Waals surface area contributed by atoms with Crippen molar-refractivity contribution in [1.82, 2.24) is 4.98 Å². The van der Waals surface area contributed by atoms with E-state index in [1.807, 2.05) is 24.3 Å². The zero-order chi connectivity index (χ0) is 13.0. The summed E-state index contributed by atoms with van der Waals surface area (Å²) in [6.07, 6.45) is 0. The Hall–Kier alpha value is -1.04. The second kappa shape index (κ2) is 6.22. The molecule has 0 saturated carbocycles. The third kappa shape index (κ3) is 3.48. The highest BCUT2D eigenvalue weighted by Gasteiger charge is 2.10. The summed E-state index contributed by atoms with van der Waals surface area (Å²) in [7, 11) is 1.35. The van der Waals surface area contributed by atoms with Gasteiger partial charge in [-0.05, 0) is 18.2 Å². The van der Waals surface area contributed by atoms with Crippen LogP contribution in [0.5, 0.6) is 0 Å². The molecule has 0 saturated heterocycles. The lowest BCUT2D eigenvalue weighted by molar-refractivity contribution is 0.0595. The molecule has 6 heteroatoms. The average molecular weight is 300 g/mol. The molecule has 0 atom stereocenters. The van der Waals surface area contributed by atoms with Gasteiger partial charge in [0.1, 0.15) is 5.01 Å². The van der Waals surface area contributed by atoms with Gasteiger partial charge < -0.3 is 4.74 Å². The van der Waals surface area contributed by atoms with Crippen molar-refractivity contribution in [2.24, 2.45) is 0 Å². The Balaban J connectivity index is 1.98. The lowest BCUT2D eigenvalue weighted by atomic mass is 10.4. The third-order valence-corrected chi connectivity index (χ3v) is 4.38. The topological polar surface area (TPSA) is 39.2 Å². The number of rotatable bonds is 4. The molecule has 0 fully saturated rings. The van der Waals surface area contributed by atoms with Crippen molar-refractivity contribution in [2.45, 2.75) is 10.6 Å². The highest BCUT2D eigenvalue weighted by Crippen LogP contribution is 2.26. The van der Waals surface area contributed by atoms with E-state index in [0.29, 0.717) is 11.4 Å². The van der Waals surface area contributed by atoms with Crippen molar-refractivity contribution in [3.63, 3.8) is 0 Å². The van der Waals surface area contributed by atoms with Gasteiger partial charge in [-0.15, -0.1) is 23.1 Å². The van der Waals surface area contributed by atoms with Crippen LogP contribution in [0.2, 0.25) is 5.02 Å². The highest BCUT2D eigenvalue weighted by atomic mass is 35.5. The monoisotopic (exact) mass is 299 g/mol. The lowest BCUT2D eigenvalue weighted by Crippen LogP contribution is -2.01. The van der Waals surface area contributed by atoms with E-state index in [-0.39, 0.29) is 0 Å². The summed E-state index contributed by atoms with van der Waals surface area (Å²) >= 11 is 8.99. The molecule has 0 unspecified atom stereocenters. The van der Waals surface area contributed by atoms with Crippen LogP contribution in [0.3, 0.4) is 0 Å². The molecule has 2 aromatic rings. The van der Waals surface area contributed by atoms with Gasteiger partial charge in [0.15, 0.2) is 5.69 Å². The summed E-state index contributed by atoms with van der Waals surface area (Å²) in [5.41, 5.74) is 0.365. The Morgan fingerprint density at radius 3 is 3.11 bits per heavy atom. The summed E-state index contributed by atoms with van der Waals surface area (Å²) in [5.74, 6) is 0.312. The molecule has 0 radical (unpaired) electrons. The van der Waals surface area contributed by atoms with E-state index >= 15 is 0 Å². The van der Waals surface area contributed by atoms with Gasteiger partial charge in [0, 0.05) is 15.3 Å². The minimum Gasteiger partial charge on any atom is -0.464 e. The maximum absolute atomic E-state index is 11.2. The van der Waals surface area contributed by atoms with Crippen LogP contribution in [0.15, 0.2) is 34.5 Å². The van der Waals surface area contributed by atoms with Crippen LogP contribution in [0.1, 0.15) is 15.5 Å². The summed E-state index contributed by atoms with van der Waals surface area (Å²) in [4.78, 5) is 16.5. The highest BCUT2D eigenvalue weighted by molar-refractivity contribution is 7.98. The molecule has 2 rings (SSSR count). The van der Waals surface area contributed by atoms with Crippen molar-refractivity contribution >= 4 is 40.7 Å². The Labute approximate surface area is 118 Å². The summed E-state index contributed by atoms with van der Waals surface area (Å²) in [5, 5.41) is 3.31. The first-order chi connectivity index (χ1) is 8.69. The van der Waals surface area contributed by atoms with Crippen LogP contribution in [-0.2, 0) is 10.5 Å². The maximum atomic E-state index is 11.2. The molecule has 1 aromatic carbocycles. The fourth-order valence-corrected chi connectivity index (χ4v) is 3.27. The molecule has 0 bridgehead atoms. The molecule has 0 aliphatic carbocycles. The second-order valence-corrected chi connectivity index (χ2v) is 5.79. The van der Waals surface area contributed by atoms with Crippen molar-refractivity contribution in [3.05, 3.63) is 45.4 Å². The largest absolute Gasteiger partial charge is 0.464 e. The molecule has 0 amide bonds. The van der Waals surface area contributed by atoms with Gasteiger partial charge in [0.2, 0.25) is 0 Å². The molecular formula is C12H10ClNO2S2. The smallest absolute Gasteiger partial charge is 0.357 e. The van der Waals surface area contributed by atoms with Gasteiger partial charge in [-0.2, -0.15) is 0 Å². The Morgan fingerprint density at radius 2 is 2.39 bits per heavy atom. The number of carbonyl (C=O) groups excluding carboxylic acids is 1. The standard InChI is InChI=1S/C12H10ClNO2S2/c1-16-12(15)10-6-18-11(14-10)7-17-9-4-2-3-8(13)5-9/h2-6H,7H2,1H3. The summed E-state index contributed by atoms with van der Waals surface area (Å²) in [6, 6.07) is 7.64. The molecule has 0 N–H and O–H groups in total. The van der Waals surface area contributed by atoms with Gasteiger partial charge in [0.25, 0.3) is 0 Å². The summed E-state index contributed by atoms with van der Waals surface area (Å²) < 4.78 is 4.61. The van der Waals surface area contributed by atoms with Gasteiger partial charge >= 0.3 is 5.97 Å². The number of ether oxygens (including phenoxy) is 1. The van der Waals surface area contributed by atoms with Gasteiger partial charge in [-0.25, -0.2) is 9.78 Å². The molecule has 0 aliphatic heterocycles. The van der Waals surface area contributed by atoms with E-state index in [1.54, 1.807) is 17.1 Å². The minimum atomic E-state index is -0.398. The van der Waals surface area contributed by atoms with Gasteiger partial charge in [-0.3, -0.25) is 0 Å². The number of aromatic nitrogens is 1. The maximum Gasteiger partial charge on any atom is 0.357 e. The number of hydrogen-bond acceptors (Lipinski definition) is 5. The van der Waals surface area contributed by atoms with Crippen molar-refractivity contribution < 1.29 is 9.53 Å². The molecule has 18 heavy (non-hydrogen) atoms. The number of esters is 1. The van der Waals surface area contributed by atoms with Crippen molar-refractivity contribution in [1.29, 1.82) is 0 Å². The number of halogens is 1. The Morgan fingerprint density at radius 1 is 1.56 bits per heavy atom. The van der Waals surface area contributed by atoms with E-state index in [0.717, 1.165) is 14.9 Å². The van der Waals surface area contributed by atoms with E-state index < -0.39 is 5.97 Å². The van der Waals surface area contributed by atoms with Gasteiger partial charge in [0.05, 0.1) is 12.9 Å². The van der Waals surface area contributed by atoms with Crippen molar-refractivity contribution in [3.8, 4) is 0 Å². The molecule has 1 heterocycles. The Bertz CT molecular complexity index is 557. The number of thioether (sulfide) groups is 1. The predicted octanol–water partition coefficient (Wildman–Crippen LogP) is 3.88. The molecule has 1 aromatic heterocycles. The first-order valence-corrected chi connectivity index (χ1v) is 7.34.